The third-order valence-electron chi connectivity index (χ3n) is 1.72. The van der Waals surface area contributed by atoms with Crippen LogP contribution in [-0.2, 0) is 0 Å². The van der Waals surface area contributed by atoms with Gasteiger partial charge >= 0.3 is 0 Å². The van der Waals surface area contributed by atoms with E-state index in [4.69, 9.17) is 0 Å². The minimum atomic E-state index is 0.763. The van der Waals surface area contributed by atoms with Crippen LogP contribution in [0.5, 0.6) is 0 Å². The van der Waals surface area contributed by atoms with Crippen LogP contribution in [0.2, 0.25) is 0 Å². The molecular formula is C8H10N4. The van der Waals surface area contributed by atoms with Gasteiger partial charge in [-0.3, -0.25) is 0 Å². The van der Waals surface area contributed by atoms with E-state index in [2.05, 4.69) is 20.3 Å². The summed E-state index contributed by atoms with van der Waals surface area (Å²) < 4.78 is 0. The van der Waals surface area contributed by atoms with Gasteiger partial charge in [-0.1, -0.05) is 0 Å². The van der Waals surface area contributed by atoms with Crippen molar-refractivity contribution in [3.63, 3.8) is 0 Å². The molecule has 0 radical (unpaired) electrons. The Morgan fingerprint density at radius 3 is 2.92 bits per heavy atom. The second-order valence-corrected chi connectivity index (χ2v) is 2.64. The maximum atomic E-state index is 4.26. The average Bonchev–Trinajstić information content (AvgIpc) is 2.43. The molecule has 2 aromatic rings. The van der Waals surface area contributed by atoms with Crippen molar-refractivity contribution >= 4 is 17.0 Å². The summed E-state index contributed by atoms with van der Waals surface area (Å²) in [5, 5.41) is 2.96. The molecule has 0 unspecified atom stereocenters. The van der Waals surface area contributed by atoms with E-state index in [1.807, 2.05) is 26.1 Å². The molecule has 0 atom stereocenters. The van der Waals surface area contributed by atoms with Crippen molar-refractivity contribution < 1.29 is 0 Å². The number of rotatable bonds is 1. The smallest absolute Gasteiger partial charge is 0.179 e. The van der Waals surface area contributed by atoms with E-state index in [1.165, 1.54) is 0 Å². The number of aryl methyl sites for hydroxylation is 1. The number of hydrogen-bond donors (Lipinski definition) is 2. The van der Waals surface area contributed by atoms with Crippen molar-refractivity contribution in [2.24, 2.45) is 0 Å². The topological polar surface area (TPSA) is 53.6 Å². The number of nitrogens with one attached hydrogen (secondary N) is 2. The highest BCUT2D eigenvalue weighted by Crippen LogP contribution is 2.11. The number of H-pyrrole nitrogens is 1. The highest BCUT2D eigenvalue weighted by atomic mass is 15.0. The molecule has 2 heterocycles. The van der Waals surface area contributed by atoms with Gasteiger partial charge in [-0.05, 0) is 19.1 Å². The van der Waals surface area contributed by atoms with Crippen LogP contribution in [0.25, 0.3) is 11.2 Å². The molecule has 0 aliphatic rings. The van der Waals surface area contributed by atoms with Crippen LogP contribution in [0.1, 0.15) is 5.82 Å². The van der Waals surface area contributed by atoms with E-state index in [-0.39, 0.29) is 0 Å². The van der Waals surface area contributed by atoms with Gasteiger partial charge in [-0.15, -0.1) is 0 Å². The molecule has 0 spiro atoms. The molecule has 2 rings (SSSR count). The fourth-order valence-electron chi connectivity index (χ4n) is 1.15. The van der Waals surface area contributed by atoms with Crippen LogP contribution >= 0.6 is 0 Å². The number of anilines is 1. The quantitative estimate of drug-likeness (QED) is 0.664. The highest BCUT2D eigenvalue weighted by Gasteiger charge is 2.00. The van der Waals surface area contributed by atoms with Crippen molar-refractivity contribution in [1.29, 1.82) is 0 Å². The second-order valence-electron chi connectivity index (χ2n) is 2.64. The van der Waals surface area contributed by atoms with E-state index >= 15 is 0 Å². The number of aromatic amines is 1. The van der Waals surface area contributed by atoms with Crippen molar-refractivity contribution in [1.82, 2.24) is 15.0 Å². The molecule has 2 N–H and O–H groups in total. The normalized spacial score (nSPS) is 10.5. The summed E-state index contributed by atoms with van der Waals surface area (Å²) in [6.07, 6.45) is 0. The first-order valence-corrected chi connectivity index (χ1v) is 3.81. The molecule has 0 aromatic carbocycles. The first kappa shape index (κ1) is 7.09. The minimum Gasteiger partial charge on any atom is -0.373 e. The van der Waals surface area contributed by atoms with Gasteiger partial charge in [0.2, 0.25) is 0 Å². The summed E-state index contributed by atoms with van der Waals surface area (Å²) in [7, 11) is 1.84. The lowest BCUT2D eigenvalue weighted by molar-refractivity contribution is 1.16. The lowest BCUT2D eigenvalue weighted by Gasteiger charge is -1.95. The lowest BCUT2D eigenvalue weighted by Crippen LogP contribution is -1.91. The van der Waals surface area contributed by atoms with Crippen LogP contribution < -0.4 is 5.32 Å². The minimum absolute atomic E-state index is 0.763. The Kier molecular flexibility index (Phi) is 1.46. The van der Waals surface area contributed by atoms with Crippen LogP contribution in [0.3, 0.4) is 0 Å². The highest BCUT2D eigenvalue weighted by molar-refractivity contribution is 5.72. The Morgan fingerprint density at radius 2 is 2.17 bits per heavy atom. The Bertz CT molecular complexity index is 404. The van der Waals surface area contributed by atoms with Gasteiger partial charge in [0.15, 0.2) is 5.65 Å². The van der Waals surface area contributed by atoms with Gasteiger partial charge in [0, 0.05) is 7.05 Å². The summed E-state index contributed by atoms with van der Waals surface area (Å²) in [4.78, 5) is 11.6. The van der Waals surface area contributed by atoms with Gasteiger partial charge in [-0.25, -0.2) is 9.97 Å². The third-order valence-corrected chi connectivity index (χ3v) is 1.72. The molecule has 0 saturated heterocycles. The zero-order valence-corrected chi connectivity index (χ0v) is 7.05. The first-order valence-electron chi connectivity index (χ1n) is 3.81. The summed E-state index contributed by atoms with van der Waals surface area (Å²) in [6.45, 7) is 1.92. The first-order chi connectivity index (χ1) is 5.79. The Morgan fingerprint density at radius 1 is 1.33 bits per heavy atom. The fourth-order valence-corrected chi connectivity index (χ4v) is 1.15. The third kappa shape index (κ3) is 1.01. The van der Waals surface area contributed by atoms with E-state index in [0.29, 0.717) is 0 Å². The van der Waals surface area contributed by atoms with Crippen LogP contribution in [0.4, 0.5) is 5.82 Å². The number of hydrogen-bond acceptors (Lipinski definition) is 3. The largest absolute Gasteiger partial charge is 0.373 e. The molecular weight excluding hydrogens is 152 g/mol. The molecule has 0 fully saturated rings. The number of nitrogens with zero attached hydrogens (tertiary/aromatic N) is 2. The summed E-state index contributed by atoms with van der Waals surface area (Å²) in [5.74, 6) is 1.74. The predicted octanol–water partition coefficient (Wildman–Crippen LogP) is 1.31. The van der Waals surface area contributed by atoms with E-state index in [0.717, 1.165) is 22.8 Å². The molecule has 4 nitrogen and oxygen atoms in total. The van der Waals surface area contributed by atoms with Crippen LogP contribution in [-0.4, -0.2) is 22.0 Å². The number of imidazole rings is 1. The van der Waals surface area contributed by atoms with E-state index in [1.54, 1.807) is 0 Å². The van der Waals surface area contributed by atoms with E-state index < -0.39 is 0 Å². The van der Waals surface area contributed by atoms with Crippen molar-refractivity contribution in [2.75, 3.05) is 12.4 Å². The number of aromatic nitrogens is 3. The van der Waals surface area contributed by atoms with Crippen molar-refractivity contribution in [3.8, 4) is 0 Å². The molecule has 0 saturated carbocycles. The monoisotopic (exact) mass is 162 g/mol. The Hall–Kier alpha value is -1.58. The molecule has 62 valence electrons. The van der Waals surface area contributed by atoms with Gasteiger partial charge < -0.3 is 10.3 Å². The summed E-state index contributed by atoms with van der Waals surface area (Å²) in [5.41, 5.74) is 1.74. The van der Waals surface area contributed by atoms with Crippen molar-refractivity contribution in [2.45, 2.75) is 6.92 Å². The molecule has 0 amide bonds. The lowest BCUT2D eigenvalue weighted by atomic mass is 10.4. The van der Waals surface area contributed by atoms with Crippen LogP contribution in [0, 0.1) is 6.92 Å². The second kappa shape index (κ2) is 2.48. The molecule has 0 bridgehead atoms. The van der Waals surface area contributed by atoms with Gasteiger partial charge in [-0.2, -0.15) is 0 Å². The van der Waals surface area contributed by atoms with Gasteiger partial charge in [0.25, 0.3) is 0 Å². The Labute approximate surface area is 70.0 Å². The van der Waals surface area contributed by atoms with Crippen molar-refractivity contribution in [3.05, 3.63) is 18.0 Å². The maximum Gasteiger partial charge on any atom is 0.179 e. The molecule has 0 aliphatic carbocycles. The standard InChI is InChI=1S/C8H10N4/c1-5-10-6-3-4-7(9-2)12-8(6)11-5/h3-4H,1-2H3,(H2,9,10,11,12). The fraction of sp³-hybridized carbons (Fsp3) is 0.250. The average molecular weight is 162 g/mol. The van der Waals surface area contributed by atoms with Crippen LogP contribution in [0.15, 0.2) is 12.1 Å². The molecule has 2 aromatic heterocycles. The number of fused-ring (bicyclic) bond motifs is 1. The van der Waals surface area contributed by atoms with E-state index in [9.17, 15) is 0 Å². The van der Waals surface area contributed by atoms with Gasteiger partial charge in [0.05, 0.1) is 5.52 Å². The zero-order chi connectivity index (χ0) is 8.55. The number of pyridine rings is 1. The molecule has 12 heavy (non-hydrogen) atoms. The molecule has 4 heteroatoms. The summed E-state index contributed by atoms with van der Waals surface area (Å²) >= 11 is 0. The summed E-state index contributed by atoms with van der Waals surface area (Å²) in [6, 6.07) is 3.88. The maximum absolute atomic E-state index is 4.26. The SMILES string of the molecule is CNc1ccc2[nH]c(C)nc2n1. The molecule has 0 aliphatic heterocycles. The predicted molar refractivity (Wildman–Crippen MR) is 48.2 cm³/mol. The Balaban J connectivity index is 2.66. The van der Waals surface area contributed by atoms with Gasteiger partial charge in [0.1, 0.15) is 11.6 Å². The zero-order valence-electron chi connectivity index (χ0n) is 7.05.